The summed E-state index contributed by atoms with van der Waals surface area (Å²) in [5, 5.41) is 9.01. The van der Waals surface area contributed by atoms with Crippen molar-refractivity contribution in [1.29, 1.82) is 5.26 Å². The minimum absolute atomic E-state index is 0.0258. The molecule has 1 saturated heterocycles. The predicted octanol–water partition coefficient (Wildman–Crippen LogP) is -0.461. The quantitative estimate of drug-likeness (QED) is 0.748. The smallest absolute Gasteiger partial charge is 0.331 e. The van der Waals surface area contributed by atoms with Crippen LogP contribution < -0.4 is 11.2 Å². The number of hydrogen-bond donors (Lipinski definition) is 0. The lowest BCUT2D eigenvalue weighted by Crippen LogP contribution is -2.49. The summed E-state index contributed by atoms with van der Waals surface area (Å²) in [4.78, 5) is 38.4. The number of carbonyl (C=O) groups is 1. The molecule has 2 heterocycles. The second kappa shape index (κ2) is 7.24. The molecule has 1 aromatic rings. The van der Waals surface area contributed by atoms with E-state index < -0.39 is 11.2 Å². The van der Waals surface area contributed by atoms with Crippen LogP contribution in [0, 0.1) is 11.3 Å². The molecule has 2 rings (SSSR count). The van der Waals surface area contributed by atoms with Gasteiger partial charge in [0, 0.05) is 25.8 Å². The van der Waals surface area contributed by atoms with Crippen molar-refractivity contribution in [2.75, 3.05) is 19.7 Å². The van der Waals surface area contributed by atoms with Crippen LogP contribution in [0.2, 0.25) is 0 Å². The van der Waals surface area contributed by atoms with E-state index >= 15 is 0 Å². The summed E-state index contributed by atoms with van der Waals surface area (Å²) in [5.74, 6) is -0.316. The molecule has 0 unspecified atom stereocenters. The van der Waals surface area contributed by atoms with Crippen molar-refractivity contribution >= 4 is 5.91 Å². The van der Waals surface area contributed by atoms with Gasteiger partial charge in [0.15, 0.2) is 0 Å². The van der Waals surface area contributed by atoms with Crippen LogP contribution in [0.4, 0.5) is 0 Å². The van der Waals surface area contributed by atoms with Crippen LogP contribution in [-0.4, -0.2) is 45.7 Å². The number of rotatable bonds is 4. The third kappa shape index (κ3) is 3.51. The highest BCUT2D eigenvalue weighted by atomic mass is 16.5. The molecule has 1 atom stereocenters. The van der Waals surface area contributed by atoms with Crippen LogP contribution in [0.25, 0.3) is 0 Å². The highest BCUT2D eigenvalue weighted by molar-refractivity contribution is 5.76. The number of aryl methyl sites for hydroxylation is 1. The topological polar surface area (TPSA) is 97.3 Å². The van der Waals surface area contributed by atoms with E-state index in [1.165, 1.54) is 10.8 Å². The van der Waals surface area contributed by atoms with Crippen molar-refractivity contribution in [2.24, 2.45) is 0 Å². The monoisotopic (exact) mass is 320 g/mol. The summed E-state index contributed by atoms with van der Waals surface area (Å²) in [6.45, 7) is 4.98. The molecular formula is C15H20N4O4. The van der Waals surface area contributed by atoms with Gasteiger partial charge in [-0.3, -0.25) is 14.2 Å². The van der Waals surface area contributed by atoms with Crippen LogP contribution in [0.1, 0.15) is 25.8 Å². The summed E-state index contributed by atoms with van der Waals surface area (Å²) in [6, 6.07) is 1.77. The van der Waals surface area contributed by atoms with Crippen LogP contribution in [0.5, 0.6) is 0 Å². The van der Waals surface area contributed by atoms with E-state index in [9.17, 15) is 14.4 Å². The first kappa shape index (κ1) is 17.0. The molecule has 1 aliphatic rings. The van der Waals surface area contributed by atoms with Gasteiger partial charge in [-0.25, -0.2) is 9.36 Å². The molecule has 1 fully saturated rings. The zero-order chi connectivity index (χ0) is 17.0. The fourth-order valence-corrected chi connectivity index (χ4v) is 2.52. The van der Waals surface area contributed by atoms with Gasteiger partial charge < -0.3 is 9.64 Å². The van der Waals surface area contributed by atoms with E-state index in [0.29, 0.717) is 26.2 Å². The lowest BCUT2D eigenvalue weighted by molar-refractivity contribution is -0.139. The maximum atomic E-state index is 12.4. The molecule has 23 heavy (non-hydrogen) atoms. The maximum Gasteiger partial charge on any atom is 0.331 e. The average molecular weight is 320 g/mol. The van der Waals surface area contributed by atoms with Crippen molar-refractivity contribution in [3.05, 3.63) is 32.6 Å². The SMILES string of the molecule is CC[C@@H]1CN(C(=O)Cn2c(=O)c(C#N)cn(CC)c2=O)CCO1. The minimum atomic E-state index is -0.726. The molecule has 0 N–H and O–H groups in total. The maximum absolute atomic E-state index is 12.4. The molecule has 124 valence electrons. The number of ether oxygens (including phenoxy) is 1. The molecular weight excluding hydrogens is 300 g/mol. The van der Waals surface area contributed by atoms with Gasteiger partial charge in [0.1, 0.15) is 18.2 Å². The lowest BCUT2D eigenvalue weighted by atomic mass is 10.2. The fourth-order valence-electron chi connectivity index (χ4n) is 2.52. The Balaban J connectivity index is 2.29. The molecule has 0 aromatic carbocycles. The first-order valence-electron chi connectivity index (χ1n) is 7.65. The summed E-state index contributed by atoms with van der Waals surface area (Å²) >= 11 is 0. The first-order valence-corrected chi connectivity index (χ1v) is 7.65. The zero-order valence-electron chi connectivity index (χ0n) is 13.3. The number of hydrogen-bond acceptors (Lipinski definition) is 5. The van der Waals surface area contributed by atoms with Gasteiger partial charge in [-0.05, 0) is 13.3 Å². The molecule has 0 bridgehead atoms. The highest BCUT2D eigenvalue weighted by Crippen LogP contribution is 2.08. The average Bonchev–Trinajstić information content (AvgIpc) is 2.58. The molecule has 1 aliphatic heterocycles. The Morgan fingerprint density at radius 3 is 2.78 bits per heavy atom. The molecule has 1 aromatic heterocycles. The van der Waals surface area contributed by atoms with Crippen LogP contribution >= 0.6 is 0 Å². The number of amides is 1. The second-order valence-electron chi connectivity index (χ2n) is 5.36. The van der Waals surface area contributed by atoms with Gasteiger partial charge in [0.2, 0.25) is 5.91 Å². The van der Waals surface area contributed by atoms with Crippen molar-refractivity contribution in [3.8, 4) is 6.07 Å². The largest absolute Gasteiger partial charge is 0.375 e. The van der Waals surface area contributed by atoms with Crippen molar-refractivity contribution in [2.45, 2.75) is 39.5 Å². The van der Waals surface area contributed by atoms with Gasteiger partial charge in [0.25, 0.3) is 5.56 Å². The highest BCUT2D eigenvalue weighted by Gasteiger charge is 2.24. The Hall–Kier alpha value is -2.40. The third-order valence-electron chi connectivity index (χ3n) is 3.94. The van der Waals surface area contributed by atoms with Gasteiger partial charge in [-0.15, -0.1) is 0 Å². The molecule has 0 aliphatic carbocycles. The van der Waals surface area contributed by atoms with Crippen LogP contribution in [0.15, 0.2) is 15.8 Å². The molecule has 8 heteroatoms. The minimum Gasteiger partial charge on any atom is -0.375 e. The standard InChI is InChI=1S/C15H20N4O4/c1-3-12-9-18(5-6-23-12)13(20)10-19-14(21)11(7-16)8-17(4-2)15(19)22/h8,12H,3-6,9-10H2,1-2H3/t12-/m1/s1. The summed E-state index contributed by atoms with van der Waals surface area (Å²) in [5.41, 5.74) is -1.45. The molecule has 0 spiro atoms. The molecule has 1 amide bonds. The number of aromatic nitrogens is 2. The summed E-state index contributed by atoms with van der Waals surface area (Å²) in [6.07, 6.45) is 1.99. The lowest BCUT2D eigenvalue weighted by Gasteiger charge is -2.32. The Morgan fingerprint density at radius 2 is 2.17 bits per heavy atom. The van der Waals surface area contributed by atoms with Crippen LogP contribution in [-0.2, 0) is 22.6 Å². The predicted molar refractivity (Wildman–Crippen MR) is 82.0 cm³/mol. The first-order chi connectivity index (χ1) is 11.0. The van der Waals surface area contributed by atoms with Gasteiger partial charge >= 0.3 is 5.69 Å². The van der Waals surface area contributed by atoms with Gasteiger partial charge in [0.05, 0.1) is 12.7 Å². The Labute approximate surface area is 133 Å². The van der Waals surface area contributed by atoms with Gasteiger partial charge in [-0.1, -0.05) is 6.92 Å². The number of nitrogens with zero attached hydrogens (tertiary/aromatic N) is 4. The normalized spacial score (nSPS) is 17.8. The molecule has 0 saturated carbocycles. The zero-order valence-corrected chi connectivity index (χ0v) is 13.3. The van der Waals surface area contributed by atoms with E-state index in [1.807, 2.05) is 6.92 Å². The summed E-state index contributed by atoms with van der Waals surface area (Å²) in [7, 11) is 0. The van der Waals surface area contributed by atoms with Crippen molar-refractivity contribution in [1.82, 2.24) is 14.0 Å². The van der Waals surface area contributed by atoms with E-state index in [1.54, 1.807) is 17.9 Å². The Bertz CT molecular complexity index is 743. The van der Waals surface area contributed by atoms with E-state index in [2.05, 4.69) is 0 Å². The van der Waals surface area contributed by atoms with Gasteiger partial charge in [-0.2, -0.15) is 5.26 Å². The Kier molecular flexibility index (Phi) is 5.34. The van der Waals surface area contributed by atoms with E-state index in [-0.39, 0.29) is 24.1 Å². The van der Waals surface area contributed by atoms with E-state index in [0.717, 1.165) is 11.0 Å². The number of morpholine rings is 1. The van der Waals surface area contributed by atoms with Crippen molar-refractivity contribution < 1.29 is 9.53 Å². The third-order valence-corrected chi connectivity index (χ3v) is 3.94. The Morgan fingerprint density at radius 1 is 1.43 bits per heavy atom. The fraction of sp³-hybridized carbons (Fsp3) is 0.600. The molecule has 8 nitrogen and oxygen atoms in total. The number of nitriles is 1. The molecule has 0 radical (unpaired) electrons. The van der Waals surface area contributed by atoms with Crippen molar-refractivity contribution in [3.63, 3.8) is 0 Å². The summed E-state index contributed by atoms with van der Waals surface area (Å²) < 4.78 is 7.59. The van der Waals surface area contributed by atoms with Crippen LogP contribution in [0.3, 0.4) is 0 Å². The van der Waals surface area contributed by atoms with E-state index in [4.69, 9.17) is 10.00 Å². The second-order valence-corrected chi connectivity index (χ2v) is 5.36. The number of carbonyl (C=O) groups excluding carboxylic acids is 1.